The molecule has 26 heavy (non-hydrogen) atoms. The maximum Gasteiger partial charge on any atom is 0.266 e. The SMILES string of the molecule is C=COC(=C)C(C)=NC(=CC)c1nnc(C(C)(N)Cc2ccccc2)o1. The van der Waals surface area contributed by atoms with Crippen molar-refractivity contribution in [2.24, 2.45) is 10.7 Å². The van der Waals surface area contributed by atoms with E-state index in [0.29, 0.717) is 29.5 Å². The van der Waals surface area contributed by atoms with Crippen molar-refractivity contribution in [3.8, 4) is 0 Å². The maximum absolute atomic E-state index is 6.42. The molecule has 0 saturated carbocycles. The molecule has 1 aromatic heterocycles. The van der Waals surface area contributed by atoms with Gasteiger partial charge in [0.2, 0.25) is 5.89 Å². The van der Waals surface area contributed by atoms with Crippen LogP contribution in [-0.2, 0) is 16.7 Å². The first-order chi connectivity index (χ1) is 12.4. The molecule has 136 valence electrons. The molecular weight excluding hydrogens is 328 g/mol. The van der Waals surface area contributed by atoms with Crippen LogP contribution in [0.2, 0.25) is 0 Å². The lowest BCUT2D eigenvalue weighted by atomic mass is 9.94. The maximum atomic E-state index is 6.42. The van der Waals surface area contributed by atoms with Gasteiger partial charge < -0.3 is 14.9 Å². The lowest BCUT2D eigenvalue weighted by Crippen LogP contribution is -2.35. The van der Waals surface area contributed by atoms with Gasteiger partial charge in [0.05, 0.1) is 17.5 Å². The Bertz CT molecular complexity index is 833. The highest BCUT2D eigenvalue weighted by atomic mass is 16.5. The third-order valence-corrected chi connectivity index (χ3v) is 3.74. The molecule has 0 aliphatic rings. The van der Waals surface area contributed by atoms with Crippen molar-refractivity contribution < 1.29 is 9.15 Å². The fourth-order valence-electron chi connectivity index (χ4n) is 2.32. The predicted octanol–water partition coefficient (Wildman–Crippen LogP) is 3.98. The molecule has 2 N–H and O–H groups in total. The van der Waals surface area contributed by atoms with Gasteiger partial charge in [-0.3, -0.25) is 0 Å². The number of allylic oxidation sites excluding steroid dienone is 2. The zero-order chi connectivity index (χ0) is 19.2. The van der Waals surface area contributed by atoms with E-state index in [9.17, 15) is 0 Å². The van der Waals surface area contributed by atoms with Crippen LogP contribution in [0.1, 0.15) is 38.1 Å². The normalized spacial score (nSPS) is 14.6. The van der Waals surface area contributed by atoms with E-state index in [1.54, 1.807) is 13.0 Å². The second-order valence-electron chi connectivity index (χ2n) is 6.07. The summed E-state index contributed by atoms with van der Waals surface area (Å²) in [6.07, 6.45) is 3.64. The summed E-state index contributed by atoms with van der Waals surface area (Å²) in [5.41, 5.74) is 7.82. The molecule has 0 bridgehead atoms. The molecule has 0 amide bonds. The van der Waals surface area contributed by atoms with Gasteiger partial charge in [-0.05, 0) is 32.8 Å². The molecule has 0 saturated heterocycles. The largest absolute Gasteiger partial charge is 0.464 e. The molecule has 0 aliphatic heterocycles. The minimum Gasteiger partial charge on any atom is -0.464 e. The Kier molecular flexibility index (Phi) is 6.25. The molecule has 0 aliphatic carbocycles. The lowest BCUT2D eigenvalue weighted by Gasteiger charge is -2.20. The molecule has 0 radical (unpaired) electrons. The molecule has 2 rings (SSSR count). The van der Waals surface area contributed by atoms with Crippen molar-refractivity contribution in [2.45, 2.75) is 32.7 Å². The summed E-state index contributed by atoms with van der Waals surface area (Å²) >= 11 is 0. The van der Waals surface area contributed by atoms with Crippen LogP contribution >= 0.6 is 0 Å². The van der Waals surface area contributed by atoms with Crippen LogP contribution in [0.25, 0.3) is 5.70 Å². The Morgan fingerprint density at radius 3 is 2.65 bits per heavy atom. The molecule has 1 unspecified atom stereocenters. The summed E-state index contributed by atoms with van der Waals surface area (Å²) in [6.45, 7) is 12.7. The topological polar surface area (TPSA) is 86.5 Å². The first kappa shape index (κ1) is 19.3. The molecule has 0 spiro atoms. The van der Waals surface area contributed by atoms with Crippen molar-refractivity contribution in [2.75, 3.05) is 0 Å². The quantitative estimate of drug-likeness (QED) is 0.573. The number of ether oxygens (including phenoxy) is 1. The molecule has 1 aromatic carbocycles. The van der Waals surface area contributed by atoms with Crippen LogP contribution in [0.15, 0.2) is 71.0 Å². The average molecular weight is 352 g/mol. The molecule has 0 fully saturated rings. The fraction of sp³-hybridized carbons (Fsp3) is 0.250. The van der Waals surface area contributed by atoms with Crippen LogP contribution in [0.5, 0.6) is 0 Å². The Morgan fingerprint density at radius 2 is 2.04 bits per heavy atom. The minimum atomic E-state index is -0.792. The fourth-order valence-corrected chi connectivity index (χ4v) is 2.32. The second-order valence-corrected chi connectivity index (χ2v) is 6.07. The Balaban J connectivity index is 2.23. The van der Waals surface area contributed by atoms with Crippen LogP contribution in [0, 0.1) is 0 Å². The molecule has 1 heterocycles. The average Bonchev–Trinajstić information content (AvgIpc) is 3.11. The predicted molar refractivity (Wildman–Crippen MR) is 103 cm³/mol. The van der Waals surface area contributed by atoms with Crippen LogP contribution < -0.4 is 5.73 Å². The van der Waals surface area contributed by atoms with Gasteiger partial charge in [-0.1, -0.05) is 49.6 Å². The Hall–Kier alpha value is -2.99. The zero-order valence-corrected chi connectivity index (χ0v) is 15.4. The van der Waals surface area contributed by atoms with Crippen molar-refractivity contribution >= 4 is 11.4 Å². The van der Waals surface area contributed by atoms with Crippen molar-refractivity contribution in [1.29, 1.82) is 0 Å². The van der Waals surface area contributed by atoms with E-state index in [0.717, 1.165) is 5.56 Å². The Morgan fingerprint density at radius 1 is 1.35 bits per heavy atom. The lowest BCUT2D eigenvalue weighted by molar-refractivity contribution is 0.347. The number of aliphatic imine (C=N–C) groups is 1. The number of benzene rings is 1. The van der Waals surface area contributed by atoms with E-state index in [1.165, 1.54) is 6.26 Å². The summed E-state index contributed by atoms with van der Waals surface area (Å²) in [7, 11) is 0. The first-order valence-electron chi connectivity index (χ1n) is 8.23. The number of nitrogens with zero attached hydrogens (tertiary/aromatic N) is 3. The van der Waals surface area contributed by atoms with Gasteiger partial charge in [0, 0.05) is 0 Å². The second kappa shape index (κ2) is 8.40. The third-order valence-electron chi connectivity index (χ3n) is 3.74. The molecular formula is C20H24N4O2. The third kappa shape index (κ3) is 4.77. The monoisotopic (exact) mass is 352 g/mol. The number of hydrogen-bond acceptors (Lipinski definition) is 6. The molecule has 6 heteroatoms. The van der Waals surface area contributed by atoms with Crippen molar-refractivity contribution in [1.82, 2.24) is 10.2 Å². The van der Waals surface area contributed by atoms with E-state index in [-0.39, 0.29) is 5.89 Å². The van der Waals surface area contributed by atoms with Crippen molar-refractivity contribution in [3.63, 3.8) is 0 Å². The summed E-state index contributed by atoms with van der Waals surface area (Å²) < 4.78 is 10.9. The first-order valence-corrected chi connectivity index (χ1v) is 8.23. The van der Waals surface area contributed by atoms with Crippen LogP contribution in [0.4, 0.5) is 0 Å². The van der Waals surface area contributed by atoms with E-state index in [4.69, 9.17) is 14.9 Å². The van der Waals surface area contributed by atoms with E-state index < -0.39 is 5.54 Å². The van der Waals surface area contributed by atoms with Crippen LogP contribution in [0.3, 0.4) is 0 Å². The van der Waals surface area contributed by atoms with Gasteiger partial charge in [0.15, 0.2) is 0 Å². The number of aromatic nitrogens is 2. The molecule has 6 nitrogen and oxygen atoms in total. The Labute approximate surface area is 153 Å². The van der Waals surface area contributed by atoms with Gasteiger partial charge in [0.1, 0.15) is 11.5 Å². The summed E-state index contributed by atoms with van der Waals surface area (Å²) in [5, 5.41) is 8.21. The summed E-state index contributed by atoms with van der Waals surface area (Å²) in [5.74, 6) is 1.04. The smallest absolute Gasteiger partial charge is 0.266 e. The van der Waals surface area contributed by atoms with Gasteiger partial charge in [-0.15, -0.1) is 10.2 Å². The van der Waals surface area contributed by atoms with Gasteiger partial charge >= 0.3 is 0 Å². The highest BCUT2D eigenvalue weighted by molar-refractivity contribution is 5.98. The molecule has 1 atom stereocenters. The number of nitrogens with two attached hydrogens (primary N) is 1. The van der Waals surface area contributed by atoms with E-state index in [1.807, 2.05) is 44.2 Å². The highest BCUT2D eigenvalue weighted by Gasteiger charge is 2.29. The van der Waals surface area contributed by atoms with Crippen LogP contribution in [-0.4, -0.2) is 15.9 Å². The van der Waals surface area contributed by atoms with Gasteiger partial charge in [-0.2, -0.15) is 0 Å². The highest BCUT2D eigenvalue weighted by Crippen LogP contribution is 2.24. The van der Waals surface area contributed by atoms with Gasteiger partial charge in [-0.25, -0.2) is 4.99 Å². The zero-order valence-electron chi connectivity index (χ0n) is 15.4. The van der Waals surface area contributed by atoms with Crippen molar-refractivity contribution in [3.05, 3.63) is 78.9 Å². The number of rotatable bonds is 8. The molecule has 2 aromatic rings. The summed E-state index contributed by atoms with van der Waals surface area (Å²) in [4.78, 5) is 4.43. The standard InChI is InChI=1S/C20H24N4O2/c1-6-17(22-14(3)15(4)25-7-2)18-23-24-19(26-18)20(5,21)13-16-11-9-8-10-12-16/h6-12H,2,4,13,21H2,1,3,5H3. The van der Waals surface area contributed by atoms with Gasteiger partial charge in [0.25, 0.3) is 5.89 Å². The summed E-state index contributed by atoms with van der Waals surface area (Å²) in [6, 6.07) is 9.93. The van der Waals surface area contributed by atoms with E-state index in [2.05, 4.69) is 28.3 Å². The number of hydrogen-bond donors (Lipinski definition) is 1. The minimum absolute atomic E-state index is 0.290. The van der Waals surface area contributed by atoms with E-state index >= 15 is 0 Å².